The highest BCUT2D eigenvalue weighted by Crippen LogP contribution is 2.50. The highest BCUT2D eigenvalue weighted by molar-refractivity contribution is 7.13. The molecule has 15 heteroatoms. The topological polar surface area (TPSA) is 251 Å². The van der Waals surface area contributed by atoms with Crippen molar-refractivity contribution >= 4 is 28.1 Å². The van der Waals surface area contributed by atoms with E-state index in [1.54, 1.807) is 10.7 Å². The Bertz CT molecular complexity index is 1280. The first-order valence-corrected chi connectivity index (χ1v) is 11.8. The minimum absolute atomic E-state index is 0.0110. The number of thiazole rings is 1. The number of carbonyl (C=O) groups is 1. The Kier molecular flexibility index (Phi) is 8.33. The van der Waals surface area contributed by atoms with Gasteiger partial charge in [0.2, 0.25) is 23.3 Å². The first-order valence-electron chi connectivity index (χ1n) is 10.9. The monoisotopic (exact) mass is 552 g/mol. The van der Waals surface area contributed by atoms with Gasteiger partial charge in [-0.1, -0.05) is 12.1 Å². The summed E-state index contributed by atoms with van der Waals surface area (Å²) in [6, 6.07) is 5.89. The van der Waals surface area contributed by atoms with Crippen molar-refractivity contribution in [2.75, 3.05) is 18.2 Å². The molecule has 0 aliphatic heterocycles. The zero-order valence-electron chi connectivity index (χ0n) is 20.2. The molecule has 2 aromatic carbocycles. The van der Waals surface area contributed by atoms with Crippen molar-refractivity contribution < 1.29 is 50.4 Å². The van der Waals surface area contributed by atoms with Gasteiger partial charge < -0.3 is 56.6 Å². The molecule has 0 fully saturated rings. The number of carbonyl (C=O) groups excluding carboxylic acids is 1. The lowest BCUT2D eigenvalue weighted by atomic mass is 9.96. The van der Waals surface area contributed by atoms with Crippen LogP contribution in [0.3, 0.4) is 0 Å². The van der Waals surface area contributed by atoms with Gasteiger partial charge in [-0.3, -0.25) is 4.79 Å². The quantitative estimate of drug-likeness (QED) is 0.0889. The predicted molar refractivity (Wildman–Crippen MR) is 134 cm³/mol. The number of phenols is 4. The molecule has 1 amide bonds. The van der Waals surface area contributed by atoms with Crippen LogP contribution in [0, 0.1) is 6.92 Å². The summed E-state index contributed by atoms with van der Waals surface area (Å²) < 4.78 is 5.01. The Morgan fingerprint density at radius 2 is 1.66 bits per heavy atom. The predicted octanol–water partition coefficient (Wildman–Crippen LogP) is -0.166. The van der Waals surface area contributed by atoms with E-state index < -0.39 is 52.9 Å². The first-order chi connectivity index (χ1) is 17.6. The van der Waals surface area contributed by atoms with E-state index in [9.17, 15) is 45.6 Å². The van der Waals surface area contributed by atoms with Gasteiger partial charge in [0.15, 0.2) is 22.7 Å². The summed E-state index contributed by atoms with van der Waals surface area (Å²) in [5.41, 5.74) is 5.95. The number of hydrogen-bond acceptors (Lipinski definition) is 14. The normalized spacial score (nSPS) is 12.9. The van der Waals surface area contributed by atoms with Crippen LogP contribution in [0.25, 0.3) is 0 Å². The molecule has 1 unspecified atom stereocenters. The minimum atomic E-state index is -3.29. The second kappa shape index (κ2) is 11.0. The number of nitrogens with zero attached hydrogens (tertiary/aromatic N) is 1. The van der Waals surface area contributed by atoms with E-state index in [0.29, 0.717) is 22.1 Å². The number of amides is 1. The van der Waals surface area contributed by atoms with E-state index in [1.165, 1.54) is 42.5 Å². The number of anilines is 2. The van der Waals surface area contributed by atoms with E-state index in [4.69, 9.17) is 10.5 Å². The molecule has 1 atom stereocenters. The van der Waals surface area contributed by atoms with E-state index in [1.807, 2.05) is 0 Å². The molecule has 3 rings (SSSR count). The van der Waals surface area contributed by atoms with Crippen molar-refractivity contribution in [1.82, 2.24) is 10.3 Å². The number of rotatable bonds is 10. The number of benzene rings is 2. The van der Waals surface area contributed by atoms with Crippen molar-refractivity contribution in [3.05, 3.63) is 52.0 Å². The van der Waals surface area contributed by atoms with Crippen LogP contribution in [0.2, 0.25) is 0 Å². The standard InChI is InChI=1S/C23H28N4O10S/c1-10-15(17(30)19(32)18(31)16(10)29)20(37-2)23(35,36)27-22(33,34)8-11-3-5-12(6-4-11)25-14(28)7-13-9-38-21(24)26-13/h3-6,9,20,27,29-36H,7-8H2,1-2H3,(H2,24,26)(H,25,28). The van der Waals surface area contributed by atoms with Crippen LogP contribution in [-0.4, -0.2) is 70.7 Å². The number of phenolic OH excluding ortho intramolecular Hbond substituents is 4. The molecule has 0 saturated heterocycles. The Morgan fingerprint density at radius 1 is 1.05 bits per heavy atom. The molecule has 12 N–H and O–H groups in total. The van der Waals surface area contributed by atoms with Crippen LogP contribution in [0.5, 0.6) is 23.0 Å². The third-order valence-corrected chi connectivity index (χ3v) is 6.26. The van der Waals surface area contributed by atoms with E-state index in [2.05, 4.69) is 10.3 Å². The molecule has 0 saturated carbocycles. The van der Waals surface area contributed by atoms with Crippen LogP contribution < -0.4 is 16.4 Å². The third kappa shape index (κ3) is 6.40. The minimum Gasteiger partial charge on any atom is -0.504 e. The first kappa shape index (κ1) is 28.9. The zero-order valence-corrected chi connectivity index (χ0v) is 21.0. The number of nitrogens with two attached hydrogens (primary N) is 1. The smallest absolute Gasteiger partial charge is 0.258 e. The largest absolute Gasteiger partial charge is 0.504 e. The third-order valence-electron chi connectivity index (χ3n) is 5.53. The summed E-state index contributed by atoms with van der Waals surface area (Å²) in [4.78, 5) is 16.2. The average molecular weight is 553 g/mol. The molecule has 0 radical (unpaired) electrons. The average Bonchev–Trinajstić information content (AvgIpc) is 3.23. The number of aliphatic hydroxyl groups is 4. The maximum absolute atomic E-state index is 12.2. The van der Waals surface area contributed by atoms with E-state index >= 15 is 0 Å². The second-order valence-electron chi connectivity index (χ2n) is 8.49. The molecular formula is C23H28N4O10S. The highest BCUT2D eigenvalue weighted by Gasteiger charge is 2.45. The van der Waals surface area contributed by atoms with Gasteiger partial charge in [0.25, 0.3) is 5.91 Å². The van der Waals surface area contributed by atoms with Gasteiger partial charge in [-0.25, -0.2) is 10.3 Å². The van der Waals surface area contributed by atoms with Gasteiger partial charge >= 0.3 is 0 Å². The molecular weight excluding hydrogens is 524 g/mol. The van der Waals surface area contributed by atoms with E-state index in [-0.39, 0.29) is 17.9 Å². The fourth-order valence-electron chi connectivity index (χ4n) is 3.81. The highest BCUT2D eigenvalue weighted by atomic mass is 32.1. The fraction of sp³-hybridized carbons (Fsp3) is 0.304. The molecule has 1 aromatic heterocycles. The fourth-order valence-corrected chi connectivity index (χ4v) is 4.37. The van der Waals surface area contributed by atoms with E-state index in [0.717, 1.165) is 7.11 Å². The maximum Gasteiger partial charge on any atom is 0.258 e. The Labute approximate surface area is 219 Å². The zero-order chi connectivity index (χ0) is 28.4. The number of nitrogens with one attached hydrogen (secondary N) is 2. The van der Waals surface area contributed by atoms with Gasteiger partial charge in [-0.05, 0) is 24.6 Å². The van der Waals surface area contributed by atoms with Crippen LogP contribution in [0.15, 0.2) is 29.6 Å². The Balaban J connectivity index is 1.71. The van der Waals surface area contributed by atoms with Crippen LogP contribution in [0.4, 0.5) is 10.8 Å². The van der Waals surface area contributed by atoms with Crippen LogP contribution >= 0.6 is 11.3 Å². The molecule has 1 heterocycles. The lowest BCUT2D eigenvalue weighted by molar-refractivity contribution is -0.320. The van der Waals surface area contributed by atoms with Crippen LogP contribution in [-0.2, 0) is 22.4 Å². The number of methoxy groups -OCH3 is 1. The Hall–Kier alpha value is -3.70. The molecule has 206 valence electrons. The summed E-state index contributed by atoms with van der Waals surface area (Å²) in [6.07, 6.45) is -2.57. The maximum atomic E-state index is 12.2. The summed E-state index contributed by atoms with van der Waals surface area (Å²) in [7, 11) is 0.986. The molecule has 3 aromatic rings. The number of nitrogen functional groups attached to an aromatic ring is 1. The summed E-state index contributed by atoms with van der Waals surface area (Å²) >= 11 is 1.21. The summed E-state index contributed by atoms with van der Waals surface area (Å²) in [5.74, 6) is -10.7. The summed E-state index contributed by atoms with van der Waals surface area (Å²) in [6.45, 7) is 1.18. The second-order valence-corrected chi connectivity index (χ2v) is 9.38. The lowest BCUT2D eigenvalue weighted by Crippen LogP contribution is -2.62. The van der Waals surface area contributed by atoms with Crippen LogP contribution in [0.1, 0.15) is 28.5 Å². The molecule has 14 nitrogen and oxygen atoms in total. The molecule has 0 aliphatic rings. The molecule has 38 heavy (non-hydrogen) atoms. The van der Waals surface area contributed by atoms with Gasteiger partial charge in [-0.2, -0.15) is 0 Å². The van der Waals surface area contributed by atoms with Gasteiger partial charge in [0.1, 0.15) is 0 Å². The number of hydrogen-bond donors (Lipinski definition) is 11. The summed E-state index contributed by atoms with van der Waals surface area (Å²) in [5, 5.41) is 88.3. The SMILES string of the molecule is COC(c1c(C)c(O)c(O)c(O)c1O)C(O)(O)NC(O)(O)Cc1ccc(NC(=O)Cc2csc(N)n2)cc1. The van der Waals surface area contributed by atoms with Crippen molar-refractivity contribution in [3.8, 4) is 23.0 Å². The number of aromatic nitrogens is 1. The molecule has 0 bridgehead atoms. The van der Waals surface area contributed by atoms with Gasteiger partial charge in [0, 0.05) is 35.7 Å². The van der Waals surface area contributed by atoms with Gasteiger partial charge in [0.05, 0.1) is 12.1 Å². The lowest BCUT2D eigenvalue weighted by Gasteiger charge is -2.37. The number of ether oxygens (including phenoxy) is 1. The molecule has 0 spiro atoms. The van der Waals surface area contributed by atoms with Crippen molar-refractivity contribution in [2.45, 2.75) is 37.7 Å². The van der Waals surface area contributed by atoms with Crippen molar-refractivity contribution in [1.29, 1.82) is 0 Å². The van der Waals surface area contributed by atoms with Crippen molar-refractivity contribution in [3.63, 3.8) is 0 Å². The van der Waals surface area contributed by atoms with Gasteiger partial charge in [-0.15, -0.1) is 11.3 Å². The Morgan fingerprint density at radius 3 is 2.21 bits per heavy atom. The molecule has 0 aliphatic carbocycles. The van der Waals surface area contributed by atoms with Crippen molar-refractivity contribution in [2.24, 2.45) is 0 Å². The number of aromatic hydroxyl groups is 4.